The molecule has 0 bridgehead atoms. The number of hydrogen-bond acceptors (Lipinski definition) is 0. The first kappa shape index (κ1) is 27.4. The molecule has 0 amide bonds. The standard InChI is InChI=1S/C17H18.Ra.Rb.2Y/c1-2-6-14(7-3-1)12-15-10-11-16-8-4-5-9-17(16)13-15;;;;/h1,5,8-11,13-14H,2-3,6-7,12H2;;;;/q-2;;;;. The zero-order valence-corrected chi connectivity index (χ0v) is 29.4. The molecule has 0 unspecified atom stereocenters. The Balaban J connectivity index is 0. The van der Waals surface area contributed by atoms with Gasteiger partial charge in [0.1, 0.15) is 0 Å². The first-order valence-electron chi connectivity index (χ1n) is 6.62. The van der Waals surface area contributed by atoms with Crippen LogP contribution in [0.25, 0.3) is 10.8 Å². The van der Waals surface area contributed by atoms with E-state index in [0.29, 0.717) is 0 Å². The Labute approximate surface area is 265 Å². The summed E-state index contributed by atoms with van der Waals surface area (Å²) in [7, 11) is 0. The minimum atomic E-state index is 0. The average molecular weight is 712 g/mol. The molecule has 0 nitrogen and oxygen atoms in total. The molecule has 0 aliphatic heterocycles. The van der Waals surface area contributed by atoms with Crippen molar-refractivity contribution in [1.82, 2.24) is 0 Å². The van der Waals surface area contributed by atoms with Crippen molar-refractivity contribution in [3.05, 3.63) is 54.4 Å². The minimum Gasteiger partial charge on any atom is -0.328 e. The Hall–Kier alpha value is 4.18. The Morgan fingerprint density at radius 1 is 1.05 bits per heavy atom. The third-order valence-electron chi connectivity index (χ3n) is 3.83. The number of benzene rings is 2. The van der Waals surface area contributed by atoms with Crippen molar-refractivity contribution in [3.8, 4) is 0 Å². The predicted octanol–water partition coefficient (Wildman–Crippen LogP) is 4.19. The van der Waals surface area contributed by atoms with Crippen LogP contribution >= 0.6 is 0 Å². The maximum absolute atomic E-state index is 3.13. The van der Waals surface area contributed by atoms with Gasteiger partial charge in [0.15, 0.2) is 0 Å². The Kier molecular flexibility index (Phi) is 19.9. The zero-order chi connectivity index (χ0) is 11.5. The molecule has 2 aromatic carbocycles. The topological polar surface area (TPSA) is 0 Å². The molecular formula is C17H18RaRbY2-2. The molecule has 0 spiro atoms. The summed E-state index contributed by atoms with van der Waals surface area (Å²) in [6, 6.07) is 16.2. The third kappa shape index (κ3) is 9.09. The molecule has 5 radical (unpaired) electrons. The largest absolute Gasteiger partial charge is 0.328 e. The maximum atomic E-state index is 3.13. The van der Waals surface area contributed by atoms with Crippen molar-refractivity contribution in [3.63, 3.8) is 0 Å². The summed E-state index contributed by atoms with van der Waals surface area (Å²) in [6.45, 7) is 0. The molecule has 4 heteroatoms. The molecule has 0 aromatic heterocycles. The van der Waals surface area contributed by atoms with Gasteiger partial charge in [-0.15, -0.1) is 16.8 Å². The van der Waals surface area contributed by atoms with Crippen LogP contribution in [0.3, 0.4) is 0 Å². The van der Waals surface area contributed by atoms with Crippen LogP contribution in [0.1, 0.15) is 31.2 Å². The summed E-state index contributed by atoms with van der Waals surface area (Å²) in [4.78, 5) is 0. The normalized spacial score (nSPS) is 14.1. The molecular weight excluding hydrogens is 693 g/mol. The van der Waals surface area contributed by atoms with E-state index in [1.807, 2.05) is 6.07 Å². The molecule has 0 saturated heterocycles. The summed E-state index contributed by atoms with van der Waals surface area (Å²) < 4.78 is 0. The fourth-order valence-electron chi connectivity index (χ4n) is 2.84. The van der Waals surface area contributed by atoms with Gasteiger partial charge < -0.3 is 6.42 Å². The maximum Gasteiger partial charge on any atom is 0 e. The van der Waals surface area contributed by atoms with Crippen LogP contribution < -0.4 is 0 Å². The van der Waals surface area contributed by atoms with E-state index in [4.69, 9.17) is 0 Å². The first-order chi connectivity index (χ1) is 8.42. The molecule has 2 aromatic rings. The van der Waals surface area contributed by atoms with Crippen molar-refractivity contribution in [2.75, 3.05) is 0 Å². The predicted molar refractivity (Wildman–Crippen MR) is 78.5 cm³/mol. The van der Waals surface area contributed by atoms with E-state index in [0.717, 1.165) is 5.92 Å². The van der Waals surface area contributed by atoms with Gasteiger partial charge in [-0.1, -0.05) is 30.5 Å². The molecule has 21 heavy (non-hydrogen) atoms. The van der Waals surface area contributed by atoms with Crippen molar-refractivity contribution < 1.29 is 110 Å². The quantitative estimate of drug-likeness (QED) is 0.411. The average Bonchev–Trinajstić information content (AvgIpc) is 2.40. The zero-order valence-electron chi connectivity index (χ0n) is 13.0. The SMILES string of the molecule is [Ra].[Rb].[Y].[Y].[c-]1ccc2cc(CC3CC[CH-]CC3)ccc2c1. The molecule has 0 heterocycles. The molecule has 97 valence electrons. The fourth-order valence-corrected chi connectivity index (χ4v) is 2.84. The summed E-state index contributed by atoms with van der Waals surface area (Å²) in [5.41, 5.74) is 1.50. The molecule has 3 rings (SSSR count). The van der Waals surface area contributed by atoms with Gasteiger partial charge in [0, 0.05) is 169 Å². The van der Waals surface area contributed by atoms with Gasteiger partial charge in [0.25, 0.3) is 0 Å². The van der Waals surface area contributed by atoms with E-state index in [9.17, 15) is 0 Å². The molecule has 1 aliphatic carbocycles. The summed E-state index contributed by atoms with van der Waals surface area (Å²) in [6.07, 6.45) is 9.07. The molecule has 0 N–H and O–H groups in total. The van der Waals surface area contributed by atoms with E-state index in [2.05, 4.69) is 42.8 Å². The second-order valence-electron chi connectivity index (χ2n) is 5.12. The first-order valence-corrected chi connectivity index (χ1v) is 6.62. The third-order valence-corrected chi connectivity index (χ3v) is 3.83. The van der Waals surface area contributed by atoms with Gasteiger partial charge in [0.2, 0.25) is 0 Å². The van der Waals surface area contributed by atoms with Crippen molar-refractivity contribution in [1.29, 1.82) is 0 Å². The Morgan fingerprint density at radius 3 is 2.48 bits per heavy atom. The Bertz CT molecular complexity index is 513. The molecule has 1 fully saturated rings. The number of fused-ring (bicyclic) bond motifs is 1. The van der Waals surface area contributed by atoms with Crippen molar-refractivity contribution in [2.45, 2.75) is 32.1 Å². The smallest absolute Gasteiger partial charge is 0 e. The van der Waals surface area contributed by atoms with Crippen molar-refractivity contribution >= 4 is 69.0 Å². The number of hydrogen-bond donors (Lipinski definition) is 0. The molecule has 1 aliphatic rings. The number of rotatable bonds is 2. The van der Waals surface area contributed by atoms with Gasteiger partial charge in [-0.2, -0.15) is 37.1 Å². The minimum absolute atomic E-state index is 0. The van der Waals surface area contributed by atoms with Gasteiger partial charge in [-0.3, -0.25) is 0 Å². The summed E-state index contributed by atoms with van der Waals surface area (Å²) in [5, 5.41) is 2.65. The van der Waals surface area contributed by atoms with Gasteiger partial charge >= 0.3 is 0 Å². The van der Waals surface area contributed by atoms with E-state index >= 15 is 0 Å². The van der Waals surface area contributed by atoms with E-state index in [1.165, 1.54) is 48.4 Å². The van der Waals surface area contributed by atoms with Crippen LogP contribution in [0.5, 0.6) is 0 Å². The van der Waals surface area contributed by atoms with E-state index in [-0.39, 0.29) is 169 Å². The van der Waals surface area contributed by atoms with Crippen LogP contribution in [-0.2, 0) is 71.8 Å². The second-order valence-corrected chi connectivity index (χ2v) is 5.12. The summed E-state index contributed by atoms with van der Waals surface area (Å²) in [5.74, 6) is 0.896. The molecule has 1 saturated carbocycles. The van der Waals surface area contributed by atoms with Crippen LogP contribution in [0.15, 0.2) is 36.4 Å². The summed E-state index contributed by atoms with van der Waals surface area (Å²) >= 11 is 0. The van der Waals surface area contributed by atoms with Crippen LogP contribution in [0.2, 0.25) is 0 Å². The van der Waals surface area contributed by atoms with Crippen LogP contribution in [-0.4, -0.2) is 58.2 Å². The van der Waals surface area contributed by atoms with Crippen LogP contribution in [0, 0.1) is 63.4 Å². The fraction of sp³-hybridized carbons (Fsp3) is 0.353. The van der Waals surface area contributed by atoms with Gasteiger partial charge in [0.05, 0.1) is 0 Å². The van der Waals surface area contributed by atoms with Crippen LogP contribution in [0.4, 0.5) is 0 Å². The van der Waals surface area contributed by atoms with E-state index in [1.54, 1.807) is 0 Å². The van der Waals surface area contributed by atoms with Crippen molar-refractivity contribution in [2.24, 2.45) is 5.92 Å². The monoisotopic (exact) mass is 711 g/mol. The second kappa shape index (κ2) is 15.3. The van der Waals surface area contributed by atoms with Gasteiger partial charge in [-0.25, -0.2) is 0 Å². The Morgan fingerprint density at radius 2 is 1.76 bits per heavy atom. The molecule has 0 atom stereocenters. The van der Waals surface area contributed by atoms with E-state index < -0.39 is 0 Å². The van der Waals surface area contributed by atoms with Gasteiger partial charge in [-0.05, 0) is 12.3 Å².